The van der Waals surface area contributed by atoms with Crippen molar-refractivity contribution in [1.82, 2.24) is 9.88 Å². The summed E-state index contributed by atoms with van der Waals surface area (Å²) in [4.78, 5) is 31.3. The number of pyridine rings is 1. The second-order valence-corrected chi connectivity index (χ2v) is 6.93. The Balaban J connectivity index is 1.61. The molecule has 0 bridgehead atoms. The van der Waals surface area contributed by atoms with E-state index in [2.05, 4.69) is 10.3 Å². The molecular weight excluding hydrogens is 342 g/mol. The van der Waals surface area contributed by atoms with Crippen LogP contribution in [0.3, 0.4) is 0 Å². The van der Waals surface area contributed by atoms with Gasteiger partial charge in [-0.2, -0.15) is 0 Å². The lowest BCUT2D eigenvalue weighted by Crippen LogP contribution is -2.43. The first-order valence-electron chi connectivity index (χ1n) is 9.17. The van der Waals surface area contributed by atoms with Crippen LogP contribution in [0.2, 0.25) is 0 Å². The summed E-state index contributed by atoms with van der Waals surface area (Å²) in [6.45, 7) is 3.57. The topological polar surface area (TPSA) is 71.5 Å². The molecule has 142 valence electrons. The molecule has 27 heavy (non-hydrogen) atoms. The maximum Gasteiger partial charge on any atom is 0.253 e. The molecule has 2 heterocycles. The van der Waals surface area contributed by atoms with Gasteiger partial charge in [0.05, 0.1) is 12.5 Å². The van der Waals surface area contributed by atoms with Crippen molar-refractivity contribution in [2.45, 2.75) is 26.4 Å². The van der Waals surface area contributed by atoms with Crippen molar-refractivity contribution in [3.63, 3.8) is 0 Å². The van der Waals surface area contributed by atoms with E-state index >= 15 is 0 Å². The van der Waals surface area contributed by atoms with Gasteiger partial charge in [0.2, 0.25) is 5.91 Å². The van der Waals surface area contributed by atoms with Crippen LogP contribution in [0.15, 0.2) is 42.6 Å². The van der Waals surface area contributed by atoms with Crippen molar-refractivity contribution < 1.29 is 14.3 Å². The first kappa shape index (κ1) is 19.0. The zero-order chi connectivity index (χ0) is 19.2. The number of aryl methyl sites for hydroxylation is 1. The first-order chi connectivity index (χ1) is 13.1. The highest BCUT2D eigenvalue weighted by molar-refractivity contribution is 5.96. The van der Waals surface area contributed by atoms with Gasteiger partial charge in [0.25, 0.3) is 5.91 Å². The van der Waals surface area contributed by atoms with Crippen LogP contribution in [0, 0.1) is 12.8 Å². The number of hydrogen-bond donors (Lipinski definition) is 1. The molecule has 1 atom stereocenters. The standard InChI is InChI=1S/C21H25N3O3/c1-15-5-10-19(22-12-15)23-20(25)18-4-3-11-24(13-18)21(26)17-8-6-16(7-9-17)14-27-2/h5-10,12,18H,3-4,11,13-14H2,1-2H3,(H,22,23,25)/t18-/m1/s1. The van der Waals surface area contributed by atoms with E-state index in [0.29, 0.717) is 31.1 Å². The zero-order valence-electron chi connectivity index (χ0n) is 15.8. The van der Waals surface area contributed by atoms with Gasteiger partial charge < -0.3 is 15.0 Å². The molecule has 6 heteroatoms. The van der Waals surface area contributed by atoms with Gasteiger partial charge in [0, 0.05) is 32.0 Å². The van der Waals surface area contributed by atoms with Gasteiger partial charge in [-0.1, -0.05) is 18.2 Å². The highest BCUT2D eigenvalue weighted by Gasteiger charge is 2.29. The van der Waals surface area contributed by atoms with Crippen molar-refractivity contribution >= 4 is 17.6 Å². The normalized spacial score (nSPS) is 16.8. The molecule has 0 spiro atoms. The monoisotopic (exact) mass is 367 g/mol. The maximum atomic E-state index is 12.8. The largest absolute Gasteiger partial charge is 0.380 e. The van der Waals surface area contributed by atoms with E-state index in [9.17, 15) is 9.59 Å². The summed E-state index contributed by atoms with van der Waals surface area (Å²) in [5.74, 6) is 0.200. The number of methoxy groups -OCH3 is 1. The summed E-state index contributed by atoms with van der Waals surface area (Å²) in [5.41, 5.74) is 2.70. The van der Waals surface area contributed by atoms with Crippen molar-refractivity contribution in [2.75, 3.05) is 25.5 Å². The van der Waals surface area contributed by atoms with Crippen LogP contribution >= 0.6 is 0 Å². The minimum Gasteiger partial charge on any atom is -0.380 e. The summed E-state index contributed by atoms with van der Waals surface area (Å²) in [7, 11) is 1.64. The number of carbonyl (C=O) groups excluding carboxylic acids is 2. The Kier molecular flexibility index (Phi) is 6.19. The quantitative estimate of drug-likeness (QED) is 0.882. The van der Waals surface area contributed by atoms with Crippen LogP contribution in [0.5, 0.6) is 0 Å². The van der Waals surface area contributed by atoms with E-state index in [0.717, 1.165) is 24.0 Å². The summed E-state index contributed by atoms with van der Waals surface area (Å²) in [6.07, 6.45) is 3.31. The molecule has 2 amide bonds. The number of carbonyl (C=O) groups is 2. The lowest BCUT2D eigenvalue weighted by Gasteiger charge is -2.32. The number of nitrogens with zero attached hydrogens (tertiary/aromatic N) is 2. The zero-order valence-corrected chi connectivity index (χ0v) is 15.8. The average Bonchev–Trinajstić information content (AvgIpc) is 2.70. The lowest BCUT2D eigenvalue weighted by molar-refractivity contribution is -0.121. The van der Waals surface area contributed by atoms with E-state index in [1.54, 1.807) is 24.3 Å². The van der Waals surface area contributed by atoms with Crippen molar-refractivity contribution in [3.8, 4) is 0 Å². The molecule has 6 nitrogen and oxygen atoms in total. The molecule has 0 unspecified atom stereocenters. The number of likely N-dealkylation sites (tertiary alicyclic amines) is 1. The minimum absolute atomic E-state index is 0.0371. The average molecular weight is 367 g/mol. The fourth-order valence-electron chi connectivity index (χ4n) is 3.24. The van der Waals surface area contributed by atoms with E-state index in [1.807, 2.05) is 37.3 Å². The molecule has 1 aliphatic rings. The number of ether oxygens (including phenoxy) is 1. The Morgan fingerprint density at radius 2 is 2.00 bits per heavy atom. The Morgan fingerprint density at radius 3 is 2.67 bits per heavy atom. The highest BCUT2D eigenvalue weighted by Crippen LogP contribution is 2.20. The lowest BCUT2D eigenvalue weighted by atomic mass is 9.96. The number of anilines is 1. The molecule has 1 aliphatic heterocycles. The summed E-state index contributed by atoms with van der Waals surface area (Å²) < 4.78 is 5.10. The SMILES string of the molecule is COCc1ccc(C(=O)N2CCC[C@@H](C(=O)Nc3ccc(C)cn3)C2)cc1. The van der Waals surface area contributed by atoms with Gasteiger partial charge in [-0.05, 0) is 49.1 Å². The molecule has 0 radical (unpaired) electrons. The number of rotatable bonds is 5. The third kappa shape index (κ3) is 4.92. The predicted octanol–water partition coefficient (Wildman–Crippen LogP) is 3.03. The molecule has 1 saturated heterocycles. The third-order valence-corrected chi connectivity index (χ3v) is 4.75. The predicted molar refractivity (Wildman–Crippen MR) is 103 cm³/mol. The van der Waals surface area contributed by atoms with Gasteiger partial charge in [-0.15, -0.1) is 0 Å². The molecule has 3 rings (SSSR count). The molecule has 1 N–H and O–H groups in total. The van der Waals surface area contributed by atoms with Crippen molar-refractivity contribution in [3.05, 3.63) is 59.3 Å². The van der Waals surface area contributed by atoms with E-state index < -0.39 is 0 Å². The first-order valence-corrected chi connectivity index (χ1v) is 9.17. The van der Waals surface area contributed by atoms with Crippen molar-refractivity contribution in [2.24, 2.45) is 5.92 Å². The number of amides is 2. The van der Waals surface area contributed by atoms with Gasteiger partial charge >= 0.3 is 0 Å². The van der Waals surface area contributed by atoms with Crippen LogP contribution in [0.25, 0.3) is 0 Å². The van der Waals surface area contributed by atoms with Crippen LogP contribution in [0.1, 0.15) is 34.3 Å². The Labute approximate surface area is 159 Å². The number of nitrogens with one attached hydrogen (secondary N) is 1. The molecule has 1 aromatic heterocycles. The third-order valence-electron chi connectivity index (χ3n) is 4.75. The van der Waals surface area contributed by atoms with Crippen LogP contribution in [0.4, 0.5) is 5.82 Å². The number of aromatic nitrogens is 1. The molecule has 2 aromatic rings. The van der Waals surface area contributed by atoms with E-state index in [4.69, 9.17) is 4.74 Å². The van der Waals surface area contributed by atoms with Crippen LogP contribution in [-0.2, 0) is 16.1 Å². The number of benzene rings is 1. The second kappa shape index (κ2) is 8.77. The van der Waals surface area contributed by atoms with E-state index in [-0.39, 0.29) is 17.7 Å². The number of hydrogen-bond acceptors (Lipinski definition) is 4. The van der Waals surface area contributed by atoms with Crippen LogP contribution < -0.4 is 5.32 Å². The fourth-order valence-corrected chi connectivity index (χ4v) is 3.24. The highest BCUT2D eigenvalue weighted by atomic mass is 16.5. The van der Waals surface area contributed by atoms with Gasteiger partial charge in [-0.3, -0.25) is 9.59 Å². The Bertz CT molecular complexity index is 787. The van der Waals surface area contributed by atoms with Gasteiger partial charge in [0.15, 0.2) is 0 Å². The number of piperidine rings is 1. The van der Waals surface area contributed by atoms with Gasteiger partial charge in [0.1, 0.15) is 5.82 Å². The smallest absolute Gasteiger partial charge is 0.253 e. The summed E-state index contributed by atoms with van der Waals surface area (Å²) in [6, 6.07) is 11.1. The summed E-state index contributed by atoms with van der Waals surface area (Å²) >= 11 is 0. The van der Waals surface area contributed by atoms with Crippen molar-refractivity contribution in [1.29, 1.82) is 0 Å². The molecule has 0 aliphatic carbocycles. The molecular formula is C21H25N3O3. The molecule has 1 aromatic carbocycles. The van der Waals surface area contributed by atoms with Crippen LogP contribution in [-0.4, -0.2) is 41.9 Å². The fraction of sp³-hybridized carbons (Fsp3) is 0.381. The second-order valence-electron chi connectivity index (χ2n) is 6.93. The maximum absolute atomic E-state index is 12.8. The Hall–Kier alpha value is -2.73. The molecule has 1 fully saturated rings. The Morgan fingerprint density at radius 1 is 1.22 bits per heavy atom. The minimum atomic E-state index is -0.224. The summed E-state index contributed by atoms with van der Waals surface area (Å²) in [5, 5.41) is 2.86. The molecule has 0 saturated carbocycles. The van der Waals surface area contributed by atoms with Gasteiger partial charge in [-0.25, -0.2) is 4.98 Å². The van der Waals surface area contributed by atoms with E-state index in [1.165, 1.54) is 0 Å².